The van der Waals surface area contributed by atoms with Gasteiger partial charge in [-0.25, -0.2) is 28.4 Å². The van der Waals surface area contributed by atoms with Crippen molar-refractivity contribution >= 4 is 71.1 Å². The van der Waals surface area contributed by atoms with E-state index in [0.29, 0.717) is 31.7 Å². The molecule has 10 aliphatic rings. The lowest BCUT2D eigenvalue weighted by Gasteiger charge is -2.36. The number of aliphatic hydroxyl groups excluding tert-OH is 1. The molecule has 0 radical (unpaired) electrons. The van der Waals surface area contributed by atoms with Gasteiger partial charge in [0, 0.05) is 87.3 Å². The minimum Gasteiger partial charge on any atom is -0.390 e. The molecular formula is C102H154ClN14O16P3. The molecule has 13 heterocycles. The molecule has 0 bridgehead atoms. The van der Waals surface area contributed by atoms with Crippen molar-refractivity contribution in [2.75, 3.05) is 61.8 Å². The summed E-state index contributed by atoms with van der Waals surface area (Å²) in [5, 5.41) is 31.7. The highest BCUT2D eigenvalue weighted by molar-refractivity contribution is 7.78. The summed E-state index contributed by atoms with van der Waals surface area (Å²) in [6.45, 7) is 39.3. The second-order valence-electron chi connectivity index (χ2n) is 37.7. The lowest BCUT2D eigenvalue weighted by atomic mass is 9.84. The third-order valence-electron chi connectivity index (χ3n) is 27.5. The molecule has 20 atom stereocenters. The van der Waals surface area contributed by atoms with Gasteiger partial charge >= 0.3 is 17.1 Å². The van der Waals surface area contributed by atoms with Crippen molar-refractivity contribution in [2.24, 2.45) is 17.8 Å². The zero-order chi connectivity index (χ0) is 96.2. The molecule has 34 heteroatoms. The molecule has 10 aliphatic heterocycles. The van der Waals surface area contributed by atoms with Crippen molar-refractivity contribution in [1.82, 2.24) is 52.9 Å². The Bertz CT molecular complexity index is 4870. The molecule has 17 rings (SSSR count). The molecule has 5 unspecified atom stereocenters. The third-order valence-corrected chi connectivity index (χ3v) is 33.4. The zero-order valence-corrected chi connectivity index (χ0v) is 84.7. The number of rotatable bonds is 24. The van der Waals surface area contributed by atoms with Gasteiger partial charge in [0.15, 0.2) is 0 Å². The maximum Gasteiger partial charge on any atom is 0.351 e. The second-order valence-corrected chi connectivity index (χ2v) is 42.5. The van der Waals surface area contributed by atoms with Crippen LogP contribution < -0.4 is 38.3 Å². The highest BCUT2D eigenvalue weighted by Crippen LogP contribution is 2.66. The van der Waals surface area contributed by atoms with Gasteiger partial charge in [0.25, 0.3) is 17.1 Å². The minimum atomic E-state index is -1.27. The van der Waals surface area contributed by atoms with E-state index in [4.69, 9.17) is 48.1 Å². The molecule has 3 aromatic heterocycles. The molecule has 0 aliphatic carbocycles. The average Bonchev–Trinajstić information content (AvgIpc) is 1.51. The molecular weight excluding hydrogens is 1810 g/mol. The van der Waals surface area contributed by atoms with Crippen LogP contribution in [0.3, 0.4) is 0 Å². The number of nitrogens with one attached hydrogen (secondary N) is 4. The number of hydrogen-bond acceptors (Lipinski definition) is 24. The summed E-state index contributed by atoms with van der Waals surface area (Å²) in [7, 11) is -3.47. The van der Waals surface area contributed by atoms with Crippen molar-refractivity contribution in [2.45, 2.75) is 343 Å². The number of carbonyl (C=O) groups is 3. The number of hydrogen-bond donors (Lipinski definition) is 6. The van der Waals surface area contributed by atoms with Gasteiger partial charge in [-0.1, -0.05) is 245 Å². The van der Waals surface area contributed by atoms with Crippen molar-refractivity contribution in [3.63, 3.8) is 0 Å². The minimum absolute atomic E-state index is 0. The van der Waals surface area contributed by atoms with E-state index in [2.05, 4.69) is 183 Å². The van der Waals surface area contributed by atoms with Crippen LogP contribution in [0.4, 0.5) is 17.5 Å². The third kappa shape index (κ3) is 27.2. The largest absolute Gasteiger partial charge is 0.390 e. The normalized spacial score (nSPS) is 29.4. The van der Waals surface area contributed by atoms with E-state index in [1.54, 1.807) is 72.1 Å². The van der Waals surface area contributed by atoms with Gasteiger partial charge in [0.1, 0.15) is 58.5 Å². The molecule has 136 heavy (non-hydrogen) atoms. The number of aromatic nitrogens is 6. The van der Waals surface area contributed by atoms with Crippen LogP contribution in [0.15, 0.2) is 173 Å². The van der Waals surface area contributed by atoms with E-state index < -0.39 is 83.4 Å². The molecule has 10 fully saturated rings. The molecule has 7 aromatic rings. The van der Waals surface area contributed by atoms with Crippen molar-refractivity contribution in [3.8, 4) is 0 Å². The molecule has 3 amide bonds. The van der Waals surface area contributed by atoms with Crippen molar-refractivity contribution in [1.29, 1.82) is 0 Å². The van der Waals surface area contributed by atoms with Crippen LogP contribution in [-0.2, 0) is 73.6 Å². The Hall–Kier alpha value is -7.09. The summed E-state index contributed by atoms with van der Waals surface area (Å²) in [4.78, 5) is 87.5. The SMILES string of the molecule is C.C.CCN(CC)CC.CC[C@H]1O[C@@H](n2ccc(NC(=O)C(C)C)nc2=O)CC1O.CC[C@H]1O[C@@H](n2ccc(NC(=O)C(C)C)nc2=O)CC1OP1O[C@@](C)(c2ccccc2)[C@@H]2CCCCN21.CC[C@H]1O[C@@H](n2ccc(NC(=O)C(C)C)nc2=O)CC1O[P@]1O[C@@](C)(c2ccccc2)[C@@H]2CCCCN21.C[C@@]1(c2ccccc2)OP(Cl)N2CCCC[C@H]21.C[C@](O)(c1ccccc1)[C@@H]1CCCCN1. The molecule has 750 valence electrons. The fourth-order valence-corrected chi connectivity index (χ4v) is 25.9. The maximum absolute atomic E-state index is 12.8. The Morgan fingerprint density at radius 3 is 1.14 bits per heavy atom. The number of benzene rings is 4. The Balaban J connectivity index is 0.000000179. The van der Waals surface area contributed by atoms with Crippen LogP contribution in [0.25, 0.3) is 0 Å². The summed E-state index contributed by atoms with van der Waals surface area (Å²) in [5.41, 5.74) is 1.35. The summed E-state index contributed by atoms with van der Waals surface area (Å²) < 4.78 is 62.8. The molecule has 0 saturated carbocycles. The molecule has 4 aromatic carbocycles. The van der Waals surface area contributed by atoms with Crippen molar-refractivity contribution < 1.29 is 61.4 Å². The number of aliphatic hydroxyl groups is 2. The topological polar surface area (TPSA) is 331 Å². The Labute approximate surface area is 815 Å². The number of fused-ring (bicyclic) bond motifs is 3. The predicted octanol–water partition coefficient (Wildman–Crippen LogP) is 19.7. The second kappa shape index (κ2) is 51.5. The lowest BCUT2D eigenvalue weighted by molar-refractivity contribution is -0.119. The monoisotopic (exact) mass is 1960 g/mol. The van der Waals surface area contributed by atoms with Gasteiger partial charge in [-0.2, -0.15) is 15.0 Å². The first-order valence-electron chi connectivity index (χ1n) is 48.8. The van der Waals surface area contributed by atoms with Gasteiger partial charge < -0.3 is 73.2 Å². The number of carbonyl (C=O) groups excluding carboxylic acids is 3. The van der Waals surface area contributed by atoms with Gasteiger partial charge in [-0.05, 0) is 176 Å². The van der Waals surface area contributed by atoms with Crippen LogP contribution in [-0.4, -0.2) is 182 Å². The quantitative estimate of drug-likeness (QED) is 0.0306. The predicted molar refractivity (Wildman–Crippen MR) is 541 cm³/mol. The molecule has 0 spiro atoms. The summed E-state index contributed by atoms with van der Waals surface area (Å²) in [5.74, 6) is -0.430. The van der Waals surface area contributed by atoms with E-state index in [1.807, 2.05) is 62.4 Å². The number of nitrogens with zero attached hydrogens (tertiary/aromatic N) is 10. The first kappa shape index (κ1) is 111. The Morgan fingerprint density at radius 1 is 0.485 bits per heavy atom. The van der Waals surface area contributed by atoms with Gasteiger partial charge in [0.2, 0.25) is 25.4 Å². The highest BCUT2D eigenvalue weighted by Gasteiger charge is 2.58. The fourth-order valence-electron chi connectivity index (χ4n) is 19.1. The summed E-state index contributed by atoms with van der Waals surface area (Å²) in [6, 6.07) is 47.3. The van der Waals surface area contributed by atoms with E-state index in [-0.39, 0.29) is 122 Å². The molecule has 10 saturated heterocycles. The fraction of sp³-hybridized carbons (Fsp3) is 0.618. The van der Waals surface area contributed by atoms with Gasteiger partial charge in [-0.3, -0.25) is 28.1 Å². The number of amides is 3. The average molecular weight is 1960 g/mol. The molecule has 6 N–H and O–H groups in total. The van der Waals surface area contributed by atoms with E-state index in [1.165, 1.54) is 101 Å². The first-order chi connectivity index (χ1) is 64.3. The van der Waals surface area contributed by atoms with Gasteiger partial charge in [0.05, 0.1) is 48.7 Å². The number of anilines is 3. The van der Waals surface area contributed by atoms with E-state index >= 15 is 0 Å². The van der Waals surface area contributed by atoms with Gasteiger partial charge in [-0.15, -0.1) is 0 Å². The zero-order valence-electron chi connectivity index (χ0n) is 81.2. The summed E-state index contributed by atoms with van der Waals surface area (Å²) in [6.07, 6.45) is 19.4. The first-order valence-corrected chi connectivity index (χ1v) is 53.2. The lowest BCUT2D eigenvalue weighted by Crippen LogP contribution is -2.49. The van der Waals surface area contributed by atoms with E-state index in [9.17, 15) is 39.0 Å². The number of ether oxygens (including phenoxy) is 3. The maximum atomic E-state index is 12.8. The smallest absolute Gasteiger partial charge is 0.351 e. The van der Waals surface area contributed by atoms with Crippen molar-refractivity contribution in [3.05, 3.63) is 212 Å². The molecule has 30 nitrogen and oxygen atoms in total. The van der Waals surface area contributed by atoms with Crippen LogP contribution in [0.5, 0.6) is 0 Å². The van der Waals surface area contributed by atoms with Crippen LogP contribution in [0.1, 0.15) is 282 Å². The van der Waals surface area contributed by atoms with Crippen LogP contribution in [0, 0.1) is 17.8 Å². The highest BCUT2D eigenvalue weighted by atomic mass is 35.7. The Kier molecular flexibility index (Phi) is 42.0. The Morgan fingerprint density at radius 2 is 0.816 bits per heavy atom. The number of piperidine rings is 4. The van der Waals surface area contributed by atoms with E-state index in [0.717, 1.165) is 76.7 Å². The number of halogens is 1. The van der Waals surface area contributed by atoms with Crippen LogP contribution in [0.2, 0.25) is 0 Å². The standard InChI is InChI=1S/2C27H37N4O5P.C14H21N3O4.C13H17ClNOP.C13H19NO.C6H15N.2CH4/c2*1-5-20-21(17-24(34-20)30-16-14-23(29-26(30)33)28-25(32)18(2)3)35-37-31-15-10-9-13-22(31)27(4,36-37)19-11-7-6-8-12-19;1-4-10-9(18)7-12(21-10)17-6-5-11(16-14(17)20)15-13(19)8(2)3;1-13(11-7-3-2-4-8-11)12-9-5-6-10-15(12)17(14)16-13;1-13(15,11-7-3-2-4-8-11)12-9-5-6-10-14-12;1-4-7(5-2)6-3;;/h2*6-8,11-12,14,16,18,20-22,24H,5,9-10,13,15,17H2,1-4H3,(H,28,29,32,33);5-6,8-10,12,18H,4,7H2,1-3H3,(H,15,16,19,20);2-4,7-8,12H,5-6,9-10H2,1H3;2-4,7-8,12,14-15H,5-6,9-10H2,1H3;4-6H2,1-3H3;2*1H4/t20-,21?,22+,24-,27+,37?;20-,21?,22+,24-,27+,37-;9?,10-,12-;12-,13-,17?;12-,13-;;;/m11100.../s1. The van der Waals surface area contributed by atoms with Crippen LogP contribution >= 0.6 is 35.9 Å². The summed E-state index contributed by atoms with van der Waals surface area (Å²) >= 11 is 6.39.